The minimum Gasteiger partial charge on any atom is -0.481 e. The molecule has 184 valence electrons. The van der Waals surface area contributed by atoms with Crippen LogP contribution in [0.4, 0.5) is 0 Å². The maximum Gasteiger partial charge on any atom is 0.305 e. The van der Waals surface area contributed by atoms with Gasteiger partial charge in [0.15, 0.2) is 0 Å². The van der Waals surface area contributed by atoms with Crippen molar-refractivity contribution in [1.82, 2.24) is 4.90 Å². The molecule has 0 saturated heterocycles. The molecular formula is C33H35NO2. The average molecular weight is 478 g/mol. The van der Waals surface area contributed by atoms with Gasteiger partial charge in [0.1, 0.15) is 0 Å². The van der Waals surface area contributed by atoms with Gasteiger partial charge < -0.3 is 5.11 Å². The molecule has 0 fully saturated rings. The van der Waals surface area contributed by atoms with Crippen molar-refractivity contribution in [2.24, 2.45) is 0 Å². The number of hydrogen-bond acceptors (Lipinski definition) is 2. The minimum atomic E-state index is -0.792. The quantitative estimate of drug-likeness (QED) is 0.265. The van der Waals surface area contributed by atoms with E-state index < -0.39 is 5.97 Å². The van der Waals surface area contributed by atoms with E-state index in [1.54, 1.807) is 0 Å². The smallest absolute Gasteiger partial charge is 0.305 e. The van der Waals surface area contributed by atoms with Crippen LogP contribution in [-0.2, 0) is 11.3 Å². The topological polar surface area (TPSA) is 40.5 Å². The minimum absolute atomic E-state index is 0.0234. The zero-order valence-electron chi connectivity index (χ0n) is 21.6. The van der Waals surface area contributed by atoms with Crippen molar-refractivity contribution < 1.29 is 9.90 Å². The standard InChI is InChI=1S/C33H35NO2/c1-23-20-30(29-18-12-7-13-19-29)25(3)33(24(23)2)31(21-32(35)36)34(22-27-14-8-5-9-15-27)26(4)28-16-10-6-11-17-28/h5-20,26,31H,21-22H2,1-4H3,(H,35,36)/t26-,31?/m1/s1. The molecule has 0 amide bonds. The fraction of sp³-hybridized carbons (Fsp3) is 0.242. The van der Waals surface area contributed by atoms with Crippen molar-refractivity contribution >= 4 is 5.97 Å². The number of aryl methyl sites for hydroxylation is 1. The first-order valence-electron chi connectivity index (χ1n) is 12.6. The fourth-order valence-corrected chi connectivity index (χ4v) is 5.27. The van der Waals surface area contributed by atoms with Crippen LogP contribution in [0.3, 0.4) is 0 Å². The molecule has 0 saturated carbocycles. The number of carboxylic acids is 1. The lowest BCUT2D eigenvalue weighted by Crippen LogP contribution is -2.34. The van der Waals surface area contributed by atoms with E-state index in [9.17, 15) is 9.90 Å². The number of carboxylic acid groups (broad SMARTS) is 1. The van der Waals surface area contributed by atoms with E-state index in [-0.39, 0.29) is 18.5 Å². The summed E-state index contributed by atoms with van der Waals surface area (Å²) in [6.07, 6.45) is 0.0311. The zero-order valence-corrected chi connectivity index (χ0v) is 21.6. The average Bonchev–Trinajstić information content (AvgIpc) is 2.90. The second kappa shape index (κ2) is 11.4. The van der Waals surface area contributed by atoms with Crippen LogP contribution in [0.2, 0.25) is 0 Å². The Morgan fingerprint density at radius 1 is 0.806 bits per heavy atom. The van der Waals surface area contributed by atoms with Crippen LogP contribution < -0.4 is 0 Å². The summed E-state index contributed by atoms with van der Waals surface area (Å²) in [5.74, 6) is -0.792. The van der Waals surface area contributed by atoms with Gasteiger partial charge in [-0.1, -0.05) is 97.1 Å². The van der Waals surface area contributed by atoms with Crippen LogP contribution in [0, 0.1) is 20.8 Å². The summed E-state index contributed by atoms with van der Waals surface area (Å²) >= 11 is 0. The van der Waals surface area contributed by atoms with Crippen molar-refractivity contribution in [3.8, 4) is 11.1 Å². The maximum absolute atomic E-state index is 12.3. The van der Waals surface area contributed by atoms with Gasteiger partial charge in [-0.05, 0) is 72.2 Å². The van der Waals surface area contributed by atoms with Crippen LogP contribution in [0.1, 0.15) is 58.8 Å². The highest BCUT2D eigenvalue weighted by molar-refractivity contribution is 5.73. The third-order valence-corrected chi connectivity index (χ3v) is 7.34. The van der Waals surface area contributed by atoms with Crippen molar-refractivity contribution in [1.29, 1.82) is 0 Å². The first-order valence-corrected chi connectivity index (χ1v) is 12.6. The predicted molar refractivity (Wildman–Crippen MR) is 148 cm³/mol. The lowest BCUT2D eigenvalue weighted by Gasteiger charge is -2.38. The lowest BCUT2D eigenvalue weighted by atomic mass is 9.84. The Bertz CT molecular complexity index is 1300. The summed E-state index contributed by atoms with van der Waals surface area (Å²) in [5.41, 5.74) is 9.27. The molecule has 0 radical (unpaired) electrons. The van der Waals surface area contributed by atoms with Crippen molar-refractivity contribution in [3.05, 3.63) is 130 Å². The molecule has 2 atom stereocenters. The van der Waals surface area contributed by atoms with Crippen LogP contribution in [0.25, 0.3) is 11.1 Å². The third kappa shape index (κ3) is 5.58. The molecule has 1 N–H and O–H groups in total. The lowest BCUT2D eigenvalue weighted by molar-refractivity contribution is -0.138. The summed E-state index contributed by atoms with van der Waals surface area (Å²) in [4.78, 5) is 14.7. The van der Waals surface area contributed by atoms with Gasteiger partial charge in [0.25, 0.3) is 0 Å². The van der Waals surface area contributed by atoms with E-state index in [4.69, 9.17) is 0 Å². The number of benzene rings is 4. The van der Waals surface area contributed by atoms with E-state index in [0.717, 1.165) is 27.8 Å². The van der Waals surface area contributed by atoms with Crippen LogP contribution >= 0.6 is 0 Å². The van der Waals surface area contributed by atoms with Crippen LogP contribution in [-0.4, -0.2) is 16.0 Å². The van der Waals surface area contributed by atoms with E-state index in [1.165, 1.54) is 16.7 Å². The molecule has 3 nitrogen and oxygen atoms in total. The molecule has 0 spiro atoms. The highest BCUT2D eigenvalue weighted by Crippen LogP contribution is 2.41. The van der Waals surface area contributed by atoms with Gasteiger partial charge in [0, 0.05) is 18.6 Å². The molecule has 4 aromatic rings. The normalized spacial score (nSPS) is 12.9. The monoisotopic (exact) mass is 477 g/mol. The summed E-state index contributed by atoms with van der Waals surface area (Å²) in [5, 5.41) is 10.1. The molecule has 0 bridgehead atoms. The highest BCUT2D eigenvalue weighted by atomic mass is 16.4. The molecule has 0 aromatic heterocycles. The number of carbonyl (C=O) groups is 1. The Hall–Kier alpha value is -3.69. The Balaban J connectivity index is 1.91. The van der Waals surface area contributed by atoms with Gasteiger partial charge in [-0.15, -0.1) is 0 Å². The first-order chi connectivity index (χ1) is 17.4. The van der Waals surface area contributed by atoms with Gasteiger partial charge in [0.05, 0.1) is 6.42 Å². The SMILES string of the molecule is Cc1cc(-c2ccccc2)c(C)c(C(CC(=O)O)N(Cc2ccccc2)[C@H](C)c2ccccc2)c1C. The van der Waals surface area contributed by atoms with Gasteiger partial charge in [0.2, 0.25) is 0 Å². The molecule has 4 rings (SSSR count). The van der Waals surface area contributed by atoms with Gasteiger partial charge in [-0.2, -0.15) is 0 Å². The first kappa shape index (κ1) is 25.4. The highest BCUT2D eigenvalue weighted by Gasteiger charge is 2.31. The third-order valence-electron chi connectivity index (χ3n) is 7.34. The Kier molecular flexibility index (Phi) is 8.02. The molecule has 1 unspecified atom stereocenters. The molecule has 0 aliphatic heterocycles. The second-order valence-electron chi connectivity index (χ2n) is 9.63. The molecule has 3 heteroatoms. The van der Waals surface area contributed by atoms with E-state index in [0.29, 0.717) is 6.54 Å². The molecule has 4 aromatic carbocycles. The van der Waals surface area contributed by atoms with Crippen molar-refractivity contribution in [2.45, 2.75) is 52.7 Å². The molecule has 36 heavy (non-hydrogen) atoms. The molecular weight excluding hydrogens is 442 g/mol. The van der Waals surface area contributed by atoms with Crippen LogP contribution in [0.5, 0.6) is 0 Å². The van der Waals surface area contributed by atoms with E-state index >= 15 is 0 Å². The Labute approximate surface area is 215 Å². The Morgan fingerprint density at radius 2 is 1.36 bits per heavy atom. The summed E-state index contributed by atoms with van der Waals surface area (Å²) in [6.45, 7) is 9.25. The van der Waals surface area contributed by atoms with E-state index in [2.05, 4.69) is 99.3 Å². The number of hydrogen-bond donors (Lipinski definition) is 1. The summed E-state index contributed by atoms with van der Waals surface area (Å²) in [6, 6.07) is 33.1. The predicted octanol–water partition coefficient (Wildman–Crippen LogP) is 8.06. The van der Waals surface area contributed by atoms with Gasteiger partial charge in [-0.3, -0.25) is 9.69 Å². The van der Waals surface area contributed by atoms with Crippen LogP contribution in [0.15, 0.2) is 97.1 Å². The van der Waals surface area contributed by atoms with Gasteiger partial charge in [-0.25, -0.2) is 0 Å². The maximum atomic E-state index is 12.3. The number of nitrogens with zero attached hydrogens (tertiary/aromatic N) is 1. The molecule has 0 heterocycles. The van der Waals surface area contributed by atoms with Gasteiger partial charge >= 0.3 is 5.97 Å². The van der Waals surface area contributed by atoms with E-state index in [1.807, 2.05) is 30.3 Å². The Morgan fingerprint density at radius 3 is 1.94 bits per heavy atom. The number of aliphatic carboxylic acids is 1. The molecule has 0 aliphatic carbocycles. The summed E-state index contributed by atoms with van der Waals surface area (Å²) in [7, 11) is 0. The van der Waals surface area contributed by atoms with Crippen molar-refractivity contribution in [2.75, 3.05) is 0 Å². The number of rotatable bonds is 9. The summed E-state index contributed by atoms with van der Waals surface area (Å²) < 4.78 is 0. The zero-order chi connectivity index (χ0) is 25.7. The largest absolute Gasteiger partial charge is 0.481 e. The fourth-order valence-electron chi connectivity index (χ4n) is 5.27. The second-order valence-corrected chi connectivity index (χ2v) is 9.63. The van der Waals surface area contributed by atoms with Crippen molar-refractivity contribution in [3.63, 3.8) is 0 Å². The molecule has 0 aliphatic rings.